The maximum atomic E-state index is 11.3. The summed E-state index contributed by atoms with van der Waals surface area (Å²) in [6.07, 6.45) is 1.57. The largest absolute Gasteiger partial charge is 0.507 e. The van der Waals surface area contributed by atoms with Gasteiger partial charge in [0.2, 0.25) is 0 Å². The summed E-state index contributed by atoms with van der Waals surface area (Å²) >= 11 is 1.05. The third-order valence-electron chi connectivity index (χ3n) is 1.89. The molecule has 1 fully saturated rings. The Balaban J connectivity index is 2.35. The molecule has 0 spiro atoms. The first-order valence-corrected chi connectivity index (χ1v) is 5.06. The van der Waals surface area contributed by atoms with Gasteiger partial charge in [-0.05, 0) is 23.9 Å². The molecule has 5 heteroatoms. The molecule has 0 saturated carbocycles. The van der Waals surface area contributed by atoms with Crippen LogP contribution in [0, 0.1) is 5.41 Å². The number of thioether (sulfide) groups is 1. The van der Waals surface area contributed by atoms with Crippen LogP contribution in [0.3, 0.4) is 0 Å². The number of nitrogens with one attached hydrogen (secondary N) is 2. The van der Waals surface area contributed by atoms with Crippen LogP contribution in [-0.2, 0) is 4.79 Å². The molecule has 1 amide bonds. The summed E-state index contributed by atoms with van der Waals surface area (Å²) in [5.41, 5.74) is 0.574. The van der Waals surface area contributed by atoms with E-state index in [-0.39, 0.29) is 16.8 Å². The van der Waals surface area contributed by atoms with Crippen LogP contribution < -0.4 is 5.32 Å². The Morgan fingerprint density at radius 2 is 2.13 bits per heavy atom. The SMILES string of the molecule is N=C1NC(=O)/C(=C/c2ccccc2O)S1. The Labute approximate surface area is 90.5 Å². The Hall–Kier alpha value is -1.75. The first-order valence-electron chi connectivity index (χ1n) is 4.24. The van der Waals surface area contributed by atoms with Gasteiger partial charge >= 0.3 is 0 Å². The fraction of sp³-hybridized carbons (Fsp3) is 0. The highest BCUT2D eigenvalue weighted by Crippen LogP contribution is 2.27. The molecule has 4 nitrogen and oxygen atoms in total. The number of carbonyl (C=O) groups is 1. The fourth-order valence-electron chi connectivity index (χ4n) is 1.19. The molecule has 1 aromatic carbocycles. The van der Waals surface area contributed by atoms with Gasteiger partial charge in [-0.25, -0.2) is 0 Å². The highest BCUT2D eigenvalue weighted by molar-refractivity contribution is 8.18. The highest BCUT2D eigenvalue weighted by Gasteiger charge is 2.22. The lowest BCUT2D eigenvalue weighted by Gasteiger charge is -1.97. The summed E-state index contributed by atoms with van der Waals surface area (Å²) in [5, 5.41) is 19.2. The number of benzene rings is 1. The third kappa shape index (κ3) is 2.02. The van der Waals surface area contributed by atoms with Crippen LogP contribution in [0.5, 0.6) is 5.75 Å². The molecule has 0 bridgehead atoms. The smallest absolute Gasteiger partial charge is 0.264 e. The van der Waals surface area contributed by atoms with E-state index in [9.17, 15) is 9.90 Å². The van der Waals surface area contributed by atoms with Crippen LogP contribution >= 0.6 is 11.8 Å². The van der Waals surface area contributed by atoms with E-state index in [1.165, 1.54) is 0 Å². The van der Waals surface area contributed by atoms with Crippen LogP contribution in [0.2, 0.25) is 0 Å². The second kappa shape index (κ2) is 3.78. The van der Waals surface area contributed by atoms with Crippen LogP contribution in [0.1, 0.15) is 5.56 Å². The first kappa shape index (κ1) is 9.79. The van der Waals surface area contributed by atoms with Crippen LogP contribution in [0.15, 0.2) is 29.2 Å². The molecular weight excluding hydrogens is 212 g/mol. The Morgan fingerprint density at radius 1 is 1.40 bits per heavy atom. The third-order valence-corrected chi connectivity index (χ3v) is 2.72. The number of carbonyl (C=O) groups excluding carboxylic acids is 1. The molecule has 1 saturated heterocycles. The number of aromatic hydroxyl groups is 1. The second-order valence-electron chi connectivity index (χ2n) is 2.95. The number of para-hydroxylation sites is 1. The molecular formula is C10H8N2O2S. The average molecular weight is 220 g/mol. The molecule has 0 unspecified atom stereocenters. The minimum absolute atomic E-state index is 0.113. The van der Waals surface area contributed by atoms with Crippen molar-refractivity contribution in [1.82, 2.24) is 5.32 Å². The molecule has 0 atom stereocenters. The fourth-order valence-corrected chi connectivity index (χ4v) is 1.89. The first-order chi connectivity index (χ1) is 7.16. The summed E-state index contributed by atoms with van der Waals surface area (Å²) in [4.78, 5) is 11.7. The van der Waals surface area contributed by atoms with Gasteiger partial charge in [0.05, 0.1) is 4.91 Å². The predicted octanol–water partition coefficient (Wildman–Crippen LogP) is 1.53. The molecule has 1 heterocycles. The zero-order valence-electron chi connectivity index (χ0n) is 7.65. The molecule has 0 aromatic heterocycles. The van der Waals surface area contributed by atoms with Crippen molar-refractivity contribution in [3.8, 4) is 5.75 Å². The zero-order valence-corrected chi connectivity index (χ0v) is 8.47. The Morgan fingerprint density at radius 3 is 2.73 bits per heavy atom. The van der Waals surface area contributed by atoms with E-state index in [2.05, 4.69) is 5.32 Å². The Kier molecular flexibility index (Phi) is 2.47. The van der Waals surface area contributed by atoms with Gasteiger partial charge in [0.1, 0.15) is 5.75 Å². The van der Waals surface area contributed by atoms with Gasteiger partial charge < -0.3 is 10.4 Å². The number of phenolic OH excluding ortho intramolecular Hbond substituents is 1. The van der Waals surface area contributed by atoms with Crippen molar-refractivity contribution in [3.63, 3.8) is 0 Å². The summed E-state index contributed by atoms with van der Waals surface area (Å²) in [5.74, 6) is -0.176. The van der Waals surface area contributed by atoms with E-state index in [0.717, 1.165) is 11.8 Å². The van der Waals surface area contributed by atoms with Gasteiger partial charge in [0.15, 0.2) is 5.17 Å². The summed E-state index contributed by atoms with van der Waals surface area (Å²) in [7, 11) is 0. The minimum atomic E-state index is -0.298. The predicted molar refractivity (Wildman–Crippen MR) is 59.5 cm³/mol. The van der Waals surface area contributed by atoms with Crippen molar-refractivity contribution in [2.75, 3.05) is 0 Å². The highest BCUT2D eigenvalue weighted by atomic mass is 32.2. The van der Waals surface area contributed by atoms with Crippen LogP contribution in [0.4, 0.5) is 0 Å². The lowest BCUT2D eigenvalue weighted by Crippen LogP contribution is -2.18. The lowest BCUT2D eigenvalue weighted by molar-refractivity contribution is -0.115. The van der Waals surface area contributed by atoms with Crippen LogP contribution in [-0.4, -0.2) is 16.2 Å². The Bertz CT molecular complexity index is 468. The van der Waals surface area contributed by atoms with Crippen molar-refractivity contribution in [1.29, 1.82) is 5.41 Å². The van der Waals surface area contributed by atoms with Crippen molar-refractivity contribution in [2.45, 2.75) is 0 Å². The average Bonchev–Trinajstić information content (AvgIpc) is 2.49. The van der Waals surface area contributed by atoms with Crippen molar-refractivity contribution < 1.29 is 9.90 Å². The maximum Gasteiger partial charge on any atom is 0.264 e. The summed E-state index contributed by atoms with van der Waals surface area (Å²) in [6.45, 7) is 0. The number of phenols is 1. The topological polar surface area (TPSA) is 73.2 Å². The molecule has 1 aliphatic rings. The second-order valence-corrected chi connectivity index (χ2v) is 4.00. The van der Waals surface area contributed by atoms with Crippen molar-refractivity contribution in [3.05, 3.63) is 34.7 Å². The van der Waals surface area contributed by atoms with E-state index in [4.69, 9.17) is 5.41 Å². The summed E-state index contributed by atoms with van der Waals surface area (Å²) < 4.78 is 0. The molecule has 1 aromatic rings. The molecule has 76 valence electrons. The normalized spacial score (nSPS) is 18.3. The summed E-state index contributed by atoms with van der Waals surface area (Å²) in [6, 6.07) is 6.74. The minimum Gasteiger partial charge on any atom is -0.507 e. The zero-order chi connectivity index (χ0) is 10.8. The van der Waals surface area contributed by atoms with E-state index < -0.39 is 0 Å². The lowest BCUT2D eigenvalue weighted by atomic mass is 10.2. The number of hydrogen-bond donors (Lipinski definition) is 3. The van der Waals surface area contributed by atoms with E-state index in [1.54, 1.807) is 30.3 Å². The monoisotopic (exact) mass is 220 g/mol. The van der Waals surface area contributed by atoms with Crippen molar-refractivity contribution in [2.24, 2.45) is 0 Å². The number of rotatable bonds is 1. The standard InChI is InChI=1S/C10H8N2O2S/c11-10-12-9(14)8(15-10)5-6-3-1-2-4-7(6)13/h1-5,13H,(H2,11,12,14)/b8-5-. The van der Waals surface area contributed by atoms with Gasteiger partial charge in [-0.2, -0.15) is 0 Å². The van der Waals surface area contributed by atoms with E-state index >= 15 is 0 Å². The molecule has 0 aliphatic carbocycles. The van der Waals surface area contributed by atoms with E-state index in [0.29, 0.717) is 10.5 Å². The van der Waals surface area contributed by atoms with Crippen molar-refractivity contribution >= 4 is 28.9 Å². The maximum absolute atomic E-state index is 11.3. The van der Waals surface area contributed by atoms with Gasteiger partial charge in [-0.1, -0.05) is 18.2 Å². The van der Waals surface area contributed by atoms with Gasteiger partial charge in [-0.3, -0.25) is 10.2 Å². The molecule has 2 rings (SSSR count). The van der Waals surface area contributed by atoms with Gasteiger partial charge in [0.25, 0.3) is 5.91 Å². The van der Waals surface area contributed by atoms with Crippen LogP contribution in [0.25, 0.3) is 6.08 Å². The van der Waals surface area contributed by atoms with E-state index in [1.807, 2.05) is 0 Å². The molecule has 15 heavy (non-hydrogen) atoms. The number of amides is 1. The molecule has 0 radical (unpaired) electrons. The quantitative estimate of drug-likeness (QED) is 0.628. The molecule has 1 aliphatic heterocycles. The van der Waals surface area contributed by atoms with Gasteiger partial charge in [0, 0.05) is 5.56 Å². The molecule has 3 N–H and O–H groups in total. The van der Waals surface area contributed by atoms with Gasteiger partial charge in [-0.15, -0.1) is 0 Å². The number of hydrogen-bond acceptors (Lipinski definition) is 4. The number of amidine groups is 1.